The van der Waals surface area contributed by atoms with Gasteiger partial charge in [-0.2, -0.15) is 0 Å². The third kappa shape index (κ3) is 11.8. The Balaban J connectivity index is 2.88. The maximum absolute atomic E-state index is 10.1. The molecule has 0 bridgehead atoms. The predicted molar refractivity (Wildman–Crippen MR) is 57.3 cm³/mol. The van der Waals surface area contributed by atoms with Gasteiger partial charge < -0.3 is 9.90 Å². The number of carbonyl (C=O) groups is 1. The molecule has 0 amide bonds. The van der Waals surface area contributed by atoms with Crippen molar-refractivity contribution in [2.24, 2.45) is 0 Å². The van der Waals surface area contributed by atoms with Crippen LogP contribution in [0.15, 0.2) is 0 Å². The van der Waals surface area contributed by atoms with Crippen LogP contribution < -0.4 is 5.11 Å². The van der Waals surface area contributed by atoms with E-state index in [4.69, 9.17) is 11.6 Å². The molecule has 0 aromatic heterocycles. The number of alkyl halides is 1. The summed E-state index contributed by atoms with van der Waals surface area (Å²) in [5, 5.41) is 10.1. The summed E-state index contributed by atoms with van der Waals surface area (Å²) >= 11 is 5.55. The van der Waals surface area contributed by atoms with Crippen LogP contribution in [0.5, 0.6) is 0 Å². The lowest BCUT2D eigenvalue weighted by molar-refractivity contribution is -0.305. The van der Waals surface area contributed by atoms with Crippen LogP contribution in [-0.4, -0.2) is 11.8 Å². The van der Waals surface area contributed by atoms with Crippen molar-refractivity contribution in [2.75, 3.05) is 5.88 Å². The van der Waals surface area contributed by atoms with E-state index in [1.807, 2.05) is 0 Å². The summed E-state index contributed by atoms with van der Waals surface area (Å²) in [6.45, 7) is 0. The first-order valence-electron chi connectivity index (χ1n) is 5.53. The number of rotatable bonds is 10. The molecular formula is C11H20ClO2-. The lowest BCUT2D eigenvalue weighted by Gasteiger charge is -2.02. The molecule has 0 aliphatic rings. The van der Waals surface area contributed by atoms with E-state index in [0.29, 0.717) is 0 Å². The van der Waals surface area contributed by atoms with E-state index < -0.39 is 5.97 Å². The summed E-state index contributed by atoms with van der Waals surface area (Å²) in [4.78, 5) is 10.1. The zero-order valence-electron chi connectivity index (χ0n) is 8.77. The zero-order valence-corrected chi connectivity index (χ0v) is 9.52. The highest BCUT2D eigenvalue weighted by Gasteiger charge is 1.92. The van der Waals surface area contributed by atoms with Crippen LogP contribution in [0.2, 0.25) is 0 Å². The summed E-state index contributed by atoms with van der Waals surface area (Å²) < 4.78 is 0. The second-order valence-electron chi connectivity index (χ2n) is 3.64. The maximum Gasteiger partial charge on any atom is 0.0414 e. The normalized spacial score (nSPS) is 10.4. The summed E-state index contributed by atoms with van der Waals surface area (Å²) in [6, 6.07) is 0. The molecule has 0 fully saturated rings. The highest BCUT2D eigenvalue weighted by atomic mass is 35.5. The molecule has 0 aliphatic heterocycles. The predicted octanol–water partition coefficient (Wildman–Crippen LogP) is 2.49. The Bertz CT molecular complexity index is 137. The summed E-state index contributed by atoms with van der Waals surface area (Å²) in [6.07, 6.45) is 9.22. The number of carboxylic acid groups (broad SMARTS) is 1. The first-order valence-corrected chi connectivity index (χ1v) is 6.06. The van der Waals surface area contributed by atoms with Crippen molar-refractivity contribution in [3.8, 4) is 0 Å². The van der Waals surface area contributed by atoms with Crippen LogP contribution in [0.25, 0.3) is 0 Å². The highest BCUT2D eigenvalue weighted by Crippen LogP contribution is 2.09. The fraction of sp³-hybridized carbons (Fsp3) is 0.909. The molecule has 0 unspecified atom stereocenters. The van der Waals surface area contributed by atoms with Crippen LogP contribution in [-0.2, 0) is 4.79 Å². The molecule has 0 heterocycles. The molecule has 0 saturated heterocycles. The molecule has 2 nitrogen and oxygen atoms in total. The molecule has 0 radical (unpaired) electrons. The number of carboxylic acids is 1. The fourth-order valence-electron chi connectivity index (χ4n) is 1.42. The van der Waals surface area contributed by atoms with Gasteiger partial charge in [-0.1, -0.05) is 38.5 Å². The fourth-order valence-corrected chi connectivity index (χ4v) is 1.61. The van der Waals surface area contributed by atoms with E-state index >= 15 is 0 Å². The molecular weight excluding hydrogens is 200 g/mol. The van der Waals surface area contributed by atoms with Gasteiger partial charge in [0.1, 0.15) is 0 Å². The van der Waals surface area contributed by atoms with Gasteiger partial charge in [0.25, 0.3) is 0 Å². The van der Waals surface area contributed by atoms with Gasteiger partial charge in [-0.05, 0) is 19.3 Å². The van der Waals surface area contributed by atoms with Gasteiger partial charge in [0.15, 0.2) is 0 Å². The molecule has 14 heavy (non-hydrogen) atoms. The Labute approximate surface area is 91.6 Å². The summed E-state index contributed by atoms with van der Waals surface area (Å²) in [5.74, 6) is -0.155. The lowest BCUT2D eigenvalue weighted by atomic mass is 10.1. The molecule has 0 aromatic carbocycles. The Kier molecular flexibility index (Phi) is 10.7. The average Bonchev–Trinajstić information content (AvgIpc) is 2.15. The first kappa shape index (κ1) is 13.8. The second-order valence-corrected chi connectivity index (χ2v) is 4.02. The van der Waals surface area contributed by atoms with Crippen LogP contribution in [0.3, 0.4) is 0 Å². The lowest BCUT2D eigenvalue weighted by Crippen LogP contribution is -2.21. The van der Waals surface area contributed by atoms with Crippen molar-refractivity contribution in [1.82, 2.24) is 0 Å². The highest BCUT2D eigenvalue weighted by molar-refractivity contribution is 6.17. The van der Waals surface area contributed by atoms with Crippen LogP contribution in [0.4, 0.5) is 0 Å². The van der Waals surface area contributed by atoms with Gasteiger partial charge in [0, 0.05) is 11.8 Å². The molecule has 0 spiro atoms. The smallest absolute Gasteiger partial charge is 0.0414 e. The standard InChI is InChI=1S/C11H21ClO2/c12-10-8-6-4-2-1-3-5-7-9-11(13)14/h1-10H2,(H,13,14)/p-1. The van der Waals surface area contributed by atoms with E-state index in [-0.39, 0.29) is 6.42 Å². The Morgan fingerprint density at radius 3 is 1.71 bits per heavy atom. The van der Waals surface area contributed by atoms with Crippen molar-refractivity contribution < 1.29 is 9.90 Å². The Morgan fingerprint density at radius 1 is 0.857 bits per heavy atom. The minimum Gasteiger partial charge on any atom is -0.550 e. The van der Waals surface area contributed by atoms with Gasteiger partial charge in [0.05, 0.1) is 0 Å². The zero-order chi connectivity index (χ0) is 10.6. The number of hydrogen-bond acceptors (Lipinski definition) is 2. The number of aliphatic carboxylic acids is 1. The van der Waals surface area contributed by atoms with Crippen LogP contribution in [0.1, 0.15) is 57.8 Å². The number of hydrogen-bond donors (Lipinski definition) is 0. The molecule has 0 aliphatic carbocycles. The molecule has 0 aromatic rings. The van der Waals surface area contributed by atoms with E-state index in [0.717, 1.165) is 31.6 Å². The third-order valence-electron chi connectivity index (χ3n) is 2.26. The topological polar surface area (TPSA) is 40.1 Å². The molecule has 3 heteroatoms. The third-order valence-corrected chi connectivity index (χ3v) is 2.53. The van der Waals surface area contributed by atoms with Crippen molar-refractivity contribution in [3.63, 3.8) is 0 Å². The molecule has 0 saturated carbocycles. The van der Waals surface area contributed by atoms with E-state index in [1.54, 1.807) is 0 Å². The maximum atomic E-state index is 10.1. The number of unbranched alkanes of at least 4 members (excludes halogenated alkanes) is 7. The van der Waals surface area contributed by atoms with E-state index in [1.165, 1.54) is 25.7 Å². The number of carbonyl (C=O) groups excluding carboxylic acids is 1. The van der Waals surface area contributed by atoms with Crippen LogP contribution >= 0.6 is 11.6 Å². The van der Waals surface area contributed by atoms with E-state index in [9.17, 15) is 9.90 Å². The van der Waals surface area contributed by atoms with Crippen LogP contribution in [0, 0.1) is 0 Å². The SMILES string of the molecule is O=C([O-])CCCCCCCCCCCl. The first-order chi connectivity index (χ1) is 6.77. The van der Waals surface area contributed by atoms with Gasteiger partial charge in [-0.25, -0.2) is 0 Å². The molecule has 0 N–H and O–H groups in total. The minimum absolute atomic E-state index is 0.215. The van der Waals surface area contributed by atoms with Crippen molar-refractivity contribution in [3.05, 3.63) is 0 Å². The van der Waals surface area contributed by atoms with Gasteiger partial charge in [-0.15, -0.1) is 11.6 Å². The monoisotopic (exact) mass is 219 g/mol. The van der Waals surface area contributed by atoms with Crippen molar-refractivity contribution >= 4 is 17.6 Å². The summed E-state index contributed by atoms with van der Waals surface area (Å²) in [7, 11) is 0. The van der Waals surface area contributed by atoms with Crippen molar-refractivity contribution in [2.45, 2.75) is 57.8 Å². The minimum atomic E-state index is -0.924. The second kappa shape index (κ2) is 10.8. The molecule has 0 rings (SSSR count). The summed E-state index contributed by atoms with van der Waals surface area (Å²) in [5.41, 5.74) is 0. The van der Waals surface area contributed by atoms with E-state index in [2.05, 4.69) is 0 Å². The van der Waals surface area contributed by atoms with Gasteiger partial charge in [-0.3, -0.25) is 0 Å². The Morgan fingerprint density at radius 2 is 1.29 bits per heavy atom. The molecule has 0 atom stereocenters. The van der Waals surface area contributed by atoms with Crippen molar-refractivity contribution in [1.29, 1.82) is 0 Å². The van der Waals surface area contributed by atoms with Gasteiger partial charge >= 0.3 is 0 Å². The number of halogens is 1. The quantitative estimate of drug-likeness (QED) is 0.418. The largest absolute Gasteiger partial charge is 0.550 e. The molecule has 84 valence electrons. The van der Waals surface area contributed by atoms with Gasteiger partial charge in [0.2, 0.25) is 0 Å². The Hall–Kier alpha value is -0.240. The average molecular weight is 220 g/mol.